The average molecular weight is 339 g/mol. The third kappa shape index (κ3) is 3.03. The lowest BCUT2D eigenvalue weighted by molar-refractivity contribution is 0.00176. The van der Waals surface area contributed by atoms with Gasteiger partial charge in [0.05, 0.1) is 36.8 Å². The second kappa shape index (κ2) is 6.48. The number of pyridine rings is 1. The van der Waals surface area contributed by atoms with Crippen molar-refractivity contribution in [1.82, 2.24) is 25.3 Å². The summed E-state index contributed by atoms with van der Waals surface area (Å²) in [7, 11) is 0. The molecule has 0 aromatic carbocycles. The van der Waals surface area contributed by atoms with E-state index in [1.165, 1.54) is 6.26 Å². The van der Waals surface area contributed by atoms with Crippen molar-refractivity contribution in [3.8, 4) is 11.3 Å². The van der Waals surface area contributed by atoms with Crippen molar-refractivity contribution in [3.63, 3.8) is 0 Å². The van der Waals surface area contributed by atoms with Crippen LogP contribution in [0.15, 0.2) is 41.3 Å². The van der Waals surface area contributed by atoms with Crippen molar-refractivity contribution in [2.45, 2.75) is 26.2 Å². The molecule has 1 N–H and O–H groups in total. The highest BCUT2D eigenvalue weighted by Gasteiger charge is 2.25. The summed E-state index contributed by atoms with van der Waals surface area (Å²) in [6.07, 6.45) is 4.82. The normalized spacial score (nSPS) is 16.4. The molecule has 0 aliphatic carbocycles. The minimum Gasteiger partial charge on any atom is -0.469 e. The Hall–Kier alpha value is -3.00. The molecule has 128 valence electrons. The Morgan fingerprint density at radius 3 is 3.12 bits per heavy atom. The highest BCUT2D eigenvalue weighted by Crippen LogP contribution is 2.24. The molecule has 3 aromatic heterocycles. The van der Waals surface area contributed by atoms with Crippen LogP contribution in [0.1, 0.15) is 21.8 Å². The predicted octanol–water partition coefficient (Wildman–Crippen LogP) is 1.57. The van der Waals surface area contributed by atoms with Gasteiger partial charge in [0.1, 0.15) is 11.5 Å². The van der Waals surface area contributed by atoms with Gasteiger partial charge in [0.25, 0.3) is 5.91 Å². The van der Waals surface area contributed by atoms with Gasteiger partial charge in [-0.3, -0.25) is 9.78 Å². The van der Waals surface area contributed by atoms with Crippen LogP contribution in [0.4, 0.5) is 0 Å². The average Bonchev–Trinajstić information content (AvgIpc) is 3.26. The monoisotopic (exact) mass is 339 g/mol. The van der Waals surface area contributed by atoms with Crippen molar-refractivity contribution in [2.24, 2.45) is 0 Å². The van der Waals surface area contributed by atoms with Gasteiger partial charge in [-0.1, -0.05) is 5.21 Å². The molecule has 3 aromatic rings. The van der Waals surface area contributed by atoms with E-state index >= 15 is 0 Å². The van der Waals surface area contributed by atoms with Crippen molar-refractivity contribution in [2.75, 3.05) is 6.54 Å². The van der Waals surface area contributed by atoms with Crippen LogP contribution >= 0.6 is 0 Å². The lowest BCUT2D eigenvalue weighted by Crippen LogP contribution is -2.39. The van der Waals surface area contributed by atoms with E-state index < -0.39 is 0 Å². The number of furan rings is 1. The van der Waals surface area contributed by atoms with Crippen LogP contribution in [0.3, 0.4) is 0 Å². The van der Waals surface area contributed by atoms with Crippen molar-refractivity contribution >= 4 is 5.91 Å². The smallest absolute Gasteiger partial charge is 0.254 e. The summed E-state index contributed by atoms with van der Waals surface area (Å²) in [5, 5.41) is 11.3. The predicted molar refractivity (Wildman–Crippen MR) is 87.6 cm³/mol. The van der Waals surface area contributed by atoms with E-state index in [0.717, 1.165) is 17.0 Å². The highest BCUT2D eigenvalue weighted by atomic mass is 16.5. The molecule has 8 nitrogen and oxygen atoms in total. The van der Waals surface area contributed by atoms with Crippen molar-refractivity contribution in [3.05, 3.63) is 53.9 Å². The van der Waals surface area contributed by atoms with E-state index in [4.69, 9.17) is 9.15 Å². The third-order valence-corrected chi connectivity index (χ3v) is 4.20. The largest absolute Gasteiger partial charge is 0.469 e. The minimum atomic E-state index is -0.171. The molecule has 0 spiro atoms. The molecular formula is C17H17N5O3. The maximum Gasteiger partial charge on any atom is 0.254 e. The summed E-state index contributed by atoms with van der Waals surface area (Å²) >= 11 is 0. The lowest BCUT2D eigenvalue weighted by atomic mass is 10.1. The molecular weight excluding hydrogens is 322 g/mol. The Labute approximate surface area is 143 Å². The van der Waals surface area contributed by atoms with E-state index in [0.29, 0.717) is 31.0 Å². The summed E-state index contributed by atoms with van der Waals surface area (Å²) in [5.74, 6) is 0.428. The first kappa shape index (κ1) is 15.5. The van der Waals surface area contributed by atoms with Gasteiger partial charge in [0.15, 0.2) is 0 Å². The molecule has 4 heterocycles. The van der Waals surface area contributed by atoms with Crippen LogP contribution < -0.4 is 5.32 Å². The Balaban J connectivity index is 1.41. The third-order valence-electron chi connectivity index (χ3n) is 4.20. The molecule has 0 unspecified atom stereocenters. The van der Waals surface area contributed by atoms with E-state index in [-0.39, 0.29) is 12.0 Å². The lowest BCUT2D eigenvalue weighted by Gasteiger charge is -2.24. The fraction of sp³-hybridized carbons (Fsp3) is 0.294. The number of ether oxygens (including phenoxy) is 1. The number of carbonyl (C=O) groups is 1. The molecule has 1 atom stereocenters. The number of amides is 1. The van der Waals surface area contributed by atoms with Crippen LogP contribution in [0.5, 0.6) is 0 Å². The first-order valence-corrected chi connectivity index (χ1v) is 7.99. The Bertz CT molecular complexity index is 887. The van der Waals surface area contributed by atoms with Crippen molar-refractivity contribution in [1.29, 1.82) is 0 Å². The second-order valence-corrected chi connectivity index (χ2v) is 5.84. The maximum absolute atomic E-state index is 12.1. The fourth-order valence-corrected chi connectivity index (χ4v) is 2.84. The number of rotatable bonds is 4. The standard InChI is InChI=1S/C17H17N5O3/c1-11-14(4-6-24-11)17(23)19-8-13-9-22-15(10-25-13)16(20-21-22)12-3-2-5-18-7-12/h2-7,13H,8-10H2,1H3,(H,19,23)/t13-/m0/s1. The number of hydrogen-bond donors (Lipinski definition) is 1. The first-order chi connectivity index (χ1) is 12.2. The minimum absolute atomic E-state index is 0.160. The van der Waals surface area contributed by atoms with E-state index in [9.17, 15) is 4.79 Å². The van der Waals surface area contributed by atoms with E-state index in [1.54, 1.807) is 25.4 Å². The van der Waals surface area contributed by atoms with Gasteiger partial charge in [-0.15, -0.1) is 5.10 Å². The highest BCUT2D eigenvalue weighted by molar-refractivity contribution is 5.95. The van der Waals surface area contributed by atoms with Gasteiger partial charge in [-0.25, -0.2) is 4.68 Å². The summed E-state index contributed by atoms with van der Waals surface area (Å²) in [6.45, 7) is 3.08. The Morgan fingerprint density at radius 1 is 1.44 bits per heavy atom. The number of fused-ring (bicyclic) bond motifs is 1. The summed E-state index contributed by atoms with van der Waals surface area (Å²) in [5.41, 5.74) is 3.15. The van der Waals surface area contributed by atoms with Gasteiger partial charge in [0, 0.05) is 24.5 Å². The van der Waals surface area contributed by atoms with Crippen LogP contribution in [0.2, 0.25) is 0 Å². The Kier molecular flexibility index (Phi) is 4.02. The molecule has 0 fully saturated rings. The second-order valence-electron chi connectivity index (χ2n) is 5.84. The first-order valence-electron chi connectivity index (χ1n) is 7.99. The number of hydrogen-bond acceptors (Lipinski definition) is 6. The molecule has 4 rings (SSSR count). The molecule has 0 radical (unpaired) electrons. The van der Waals surface area contributed by atoms with Gasteiger partial charge in [-0.05, 0) is 25.1 Å². The molecule has 1 amide bonds. The molecule has 0 saturated heterocycles. The van der Waals surface area contributed by atoms with Crippen LogP contribution in [-0.4, -0.2) is 38.5 Å². The molecule has 1 aliphatic rings. The number of aromatic nitrogens is 4. The zero-order chi connectivity index (χ0) is 17.2. The maximum atomic E-state index is 12.1. The zero-order valence-corrected chi connectivity index (χ0v) is 13.7. The van der Waals surface area contributed by atoms with E-state index in [1.807, 2.05) is 16.8 Å². The molecule has 1 aliphatic heterocycles. The SMILES string of the molecule is Cc1occc1C(=O)NC[C@H]1Cn2nnc(-c3cccnc3)c2CO1. The number of nitrogens with zero attached hydrogens (tertiary/aromatic N) is 4. The van der Waals surface area contributed by atoms with Crippen molar-refractivity contribution < 1.29 is 13.9 Å². The molecule has 8 heteroatoms. The zero-order valence-electron chi connectivity index (χ0n) is 13.7. The number of nitrogens with one attached hydrogen (secondary N) is 1. The van der Waals surface area contributed by atoms with Crippen LogP contribution in [-0.2, 0) is 17.9 Å². The number of aryl methyl sites for hydroxylation is 1. The van der Waals surface area contributed by atoms with Crippen LogP contribution in [0.25, 0.3) is 11.3 Å². The van der Waals surface area contributed by atoms with E-state index in [2.05, 4.69) is 20.6 Å². The Morgan fingerprint density at radius 2 is 2.36 bits per heavy atom. The molecule has 0 saturated carbocycles. The van der Waals surface area contributed by atoms with Gasteiger partial charge < -0.3 is 14.5 Å². The summed E-state index contributed by atoms with van der Waals surface area (Å²) < 4.78 is 12.8. The summed E-state index contributed by atoms with van der Waals surface area (Å²) in [6, 6.07) is 5.46. The van der Waals surface area contributed by atoms with Gasteiger partial charge in [-0.2, -0.15) is 0 Å². The quantitative estimate of drug-likeness (QED) is 0.775. The summed E-state index contributed by atoms with van der Waals surface area (Å²) in [4.78, 5) is 16.2. The fourth-order valence-electron chi connectivity index (χ4n) is 2.84. The molecule has 0 bridgehead atoms. The van der Waals surface area contributed by atoms with Gasteiger partial charge >= 0.3 is 0 Å². The number of carbonyl (C=O) groups excluding carboxylic acids is 1. The topological polar surface area (TPSA) is 95.1 Å². The van der Waals surface area contributed by atoms with Gasteiger partial charge in [0.2, 0.25) is 0 Å². The van der Waals surface area contributed by atoms with Crippen LogP contribution in [0, 0.1) is 6.92 Å². The molecule has 25 heavy (non-hydrogen) atoms.